The molecule has 0 radical (unpaired) electrons. The first-order chi connectivity index (χ1) is 11.1. The van der Waals surface area contributed by atoms with E-state index in [0.717, 1.165) is 23.5 Å². The maximum Gasteiger partial charge on any atom is 0.308 e. The van der Waals surface area contributed by atoms with Crippen LogP contribution in [0.1, 0.15) is 18.4 Å². The molecule has 23 heavy (non-hydrogen) atoms. The zero-order valence-corrected chi connectivity index (χ0v) is 13.2. The van der Waals surface area contributed by atoms with Gasteiger partial charge in [0.25, 0.3) is 0 Å². The number of nitrogens with zero attached hydrogens (tertiary/aromatic N) is 1. The minimum atomic E-state index is -0.822. The minimum Gasteiger partial charge on any atom is -0.497 e. The Bertz CT molecular complexity index is 615. The molecule has 0 saturated carbocycles. The number of rotatable bonds is 3. The van der Waals surface area contributed by atoms with E-state index >= 15 is 0 Å². The SMILES string of the molecule is COc1ccc2c(c1)CC(C(=O)N1CCCC(C(=O)O)C1)CO2. The number of benzene rings is 1. The largest absolute Gasteiger partial charge is 0.497 e. The molecule has 0 spiro atoms. The third-order valence-electron chi connectivity index (χ3n) is 4.61. The van der Waals surface area contributed by atoms with Gasteiger partial charge in [-0.25, -0.2) is 0 Å². The summed E-state index contributed by atoms with van der Waals surface area (Å²) < 4.78 is 10.9. The number of aliphatic carboxylic acids is 1. The monoisotopic (exact) mass is 319 g/mol. The van der Waals surface area contributed by atoms with Gasteiger partial charge in [0.1, 0.15) is 18.1 Å². The van der Waals surface area contributed by atoms with Crippen molar-refractivity contribution in [3.05, 3.63) is 23.8 Å². The summed E-state index contributed by atoms with van der Waals surface area (Å²) in [5, 5.41) is 9.16. The van der Waals surface area contributed by atoms with Crippen LogP contribution in [0.2, 0.25) is 0 Å². The molecule has 2 aliphatic heterocycles. The van der Waals surface area contributed by atoms with Gasteiger partial charge < -0.3 is 19.5 Å². The smallest absolute Gasteiger partial charge is 0.308 e. The van der Waals surface area contributed by atoms with Crippen molar-refractivity contribution < 1.29 is 24.2 Å². The highest BCUT2D eigenvalue weighted by molar-refractivity contribution is 5.81. The van der Waals surface area contributed by atoms with E-state index in [2.05, 4.69) is 0 Å². The predicted octanol–water partition coefficient (Wildman–Crippen LogP) is 1.57. The summed E-state index contributed by atoms with van der Waals surface area (Å²) in [6, 6.07) is 5.59. The zero-order valence-electron chi connectivity index (χ0n) is 13.2. The van der Waals surface area contributed by atoms with Crippen molar-refractivity contribution in [2.45, 2.75) is 19.3 Å². The number of piperidine rings is 1. The quantitative estimate of drug-likeness (QED) is 0.915. The first kappa shape index (κ1) is 15.6. The number of ether oxygens (including phenoxy) is 2. The van der Waals surface area contributed by atoms with Crippen LogP contribution in [0.15, 0.2) is 18.2 Å². The fourth-order valence-corrected chi connectivity index (χ4v) is 3.29. The van der Waals surface area contributed by atoms with Crippen LogP contribution in [-0.2, 0) is 16.0 Å². The van der Waals surface area contributed by atoms with E-state index in [1.165, 1.54) is 0 Å². The van der Waals surface area contributed by atoms with Crippen LogP contribution >= 0.6 is 0 Å². The van der Waals surface area contributed by atoms with E-state index < -0.39 is 11.9 Å². The average Bonchev–Trinajstić information content (AvgIpc) is 2.60. The molecule has 2 aliphatic rings. The molecule has 6 nitrogen and oxygen atoms in total. The second-order valence-corrected chi connectivity index (χ2v) is 6.15. The molecule has 2 heterocycles. The molecule has 1 aromatic carbocycles. The fraction of sp³-hybridized carbons (Fsp3) is 0.529. The Balaban J connectivity index is 1.70. The second-order valence-electron chi connectivity index (χ2n) is 6.15. The molecule has 2 atom stereocenters. The van der Waals surface area contributed by atoms with E-state index in [4.69, 9.17) is 14.6 Å². The number of methoxy groups -OCH3 is 1. The highest BCUT2D eigenvalue weighted by Gasteiger charge is 2.34. The molecule has 2 unspecified atom stereocenters. The van der Waals surface area contributed by atoms with Crippen LogP contribution in [0.4, 0.5) is 0 Å². The van der Waals surface area contributed by atoms with Crippen LogP contribution < -0.4 is 9.47 Å². The predicted molar refractivity (Wildman–Crippen MR) is 82.6 cm³/mol. The molecule has 1 saturated heterocycles. The molecular weight excluding hydrogens is 298 g/mol. The summed E-state index contributed by atoms with van der Waals surface area (Å²) in [4.78, 5) is 25.5. The number of hydrogen-bond donors (Lipinski definition) is 1. The van der Waals surface area contributed by atoms with Crippen molar-refractivity contribution in [2.24, 2.45) is 11.8 Å². The Kier molecular flexibility index (Phi) is 4.41. The highest BCUT2D eigenvalue weighted by Crippen LogP contribution is 2.32. The Morgan fingerprint density at radius 1 is 1.35 bits per heavy atom. The summed E-state index contributed by atoms with van der Waals surface area (Å²) in [6.45, 7) is 1.27. The first-order valence-corrected chi connectivity index (χ1v) is 7.90. The van der Waals surface area contributed by atoms with Gasteiger partial charge in [0.05, 0.1) is 18.9 Å². The van der Waals surface area contributed by atoms with Gasteiger partial charge >= 0.3 is 5.97 Å². The van der Waals surface area contributed by atoms with Gasteiger partial charge in [-0.15, -0.1) is 0 Å². The molecule has 0 aromatic heterocycles. The number of carbonyl (C=O) groups is 2. The van der Waals surface area contributed by atoms with Crippen LogP contribution in [-0.4, -0.2) is 48.7 Å². The van der Waals surface area contributed by atoms with Gasteiger partial charge in [-0.3, -0.25) is 9.59 Å². The Morgan fingerprint density at radius 3 is 2.91 bits per heavy atom. The number of fused-ring (bicyclic) bond motifs is 1. The second kappa shape index (κ2) is 6.48. The van der Waals surface area contributed by atoms with E-state index in [1.807, 2.05) is 18.2 Å². The minimum absolute atomic E-state index is 0.00980. The lowest BCUT2D eigenvalue weighted by Crippen LogP contribution is -2.47. The van der Waals surface area contributed by atoms with Gasteiger partial charge in [0.2, 0.25) is 5.91 Å². The van der Waals surface area contributed by atoms with Gasteiger partial charge in [0.15, 0.2) is 0 Å². The van der Waals surface area contributed by atoms with E-state index in [-0.39, 0.29) is 11.8 Å². The molecular formula is C17H21NO5. The standard InChI is InChI=1S/C17H21NO5/c1-22-14-4-5-15-12(8-14)7-13(10-23-15)16(19)18-6-2-3-11(9-18)17(20)21/h4-5,8,11,13H,2-3,6-7,9-10H2,1H3,(H,20,21). The van der Waals surface area contributed by atoms with Crippen molar-refractivity contribution in [3.63, 3.8) is 0 Å². The number of likely N-dealkylation sites (tertiary alicyclic amines) is 1. The number of carboxylic acid groups (broad SMARTS) is 1. The molecule has 3 rings (SSSR count). The Labute approximate surface area is 135 Å². The van der Waals surface area contributed by atoms with Crippen LogP contribution in [0, 0.1) is 11.8 Å². The third kappa shape index (κ3) is 3.25. The molecule has 1 amide bonds. The van der Waals surface area contributed by atoms with Gasteiger partial charge in [-0.2, -0.15) is 0 Å². The summed E-state index contributed by atoms with van der Waals surface area (Å²) in [5.41, 5.74) is 0.959. The molecule has 1 N–H and O–H groups in total. The van der Waals surface area contributed by atoms with E-state index in [0.29, 0.717) is 32.5 Å². The lowest BCUT2D eigenvalue weighted by Gasteiger charge is -2.34. The number of amides is 1. The average molecular weight is 319 g/mol. The first-order valence-electron chi connectivity index (χ1n) is 7.90. The van der Waals surface area contributed by atoms with Crippen molar-refractivity contribution in [1.82, 2.24) is 4.90 Å². The number of carbonyl (C=O) groups excluding carboxylic acids is 1. The lowest BCUT2D eigenvalue weighted by molar-refractivity contribution is -0.147. The zero-order chi connectivity index (χ0) is 16.4. The molecule has 0 bridgehead atoms. The Morgan fingerprint density at radius 2 is 2.17 bits per heavy atom. The highest BCUT2D eigenvalue weighted by atomic mass is 16.5. The molecule has 124 valence electrons. The lowest BCUT2D eigenvalue weighted by atomic mass is 9.92. The van der Waals surface area contributed by atoms with Gasteiger partial charge in [-0.05, 0) is 43.0 Å². The van der Waals surface area contributed by atoms with Crippen LogP contribution in [0.25, 0.3) is 0 Å². The van der Waals surface area contributed by atoms with Gasteiger partial charge in [-0.1, -0.05) is 0 Å². The maximum absolute atomic E-state index is 12.7. The fourth-order valence-electron chi connectivity index (χ4n) is 3.29. The number of hydrogen-bond acceptors (Lipinski definition) is 4. The normalized spacial score (nSPS) is 23.6. The molecule has 1 fully saturated rings. The Hall–Kier alpha value is -2.24. The molecule has 1 aromatic rings. The van der Waals surface area contributed by atoms with Gasteiger partial charge in [0, 0.05) is 13.1 Å². The maximum atomic E-state index is 12.7. The summed E-state index contributed by atoms with van der Waals surface area (Å²) in [6.07, 6.45) is 1.97. The van der Waals surface area contributed by atoms with Crippen molar-refractivity contribution in [3.8, 4) is 11.5 Å². The van der Waals surface area contributed by atoms with E-state index in [1.54, 1.807) is 12.0 Å². The van der Waals surface area contributed by atoms with Crippen molar-refractivity contribution in [1.29, 1.82) is 0 Å². The van der Waals surface area contributed by atoms with E-state index in [9.17, 15) is 9.59 Å². The summed E-state index contributed by atoms with van der Waals surface area (Å²) >= 11 is 0. The summed E-state index contributed by atoms with van der Waals surface area (Å²) in [5.74, 6) is -0.0186. The topological polar surface area (TPSA) is 76.1 Å². The molecule has 6 heteroatoms. The van der Waals surface area contributed by atoms with Crippen molar-refractivity contribution in [2.75, 3.05) is 26.8 Å². The van der Waals surface area contributed by atoms with Crippen LogP contribution in [0.3, 0.4) is 0 Å². The third-order valence-corrected chi connectivity index (χ3v) is 4.61. The summed E-state index contributed by atoms with van der Waals surface area (Å²) in [7, 11) is 1.60. The number of carboxylic acids is 1. The van der Waals surface area contributed by atoms with Crippen molar-refractivity contribution >= 4 is 11.9 Å². The molecule has 0 aliphatic carbocycles. The van der Waals surface area contributed by atoms with Crippen LogP contribution in [0.5, 0.6) is 11.5 Å².